The summed E-state index contributed by atoms with van der Waals surface area (Å²) in [5.41, 5.74) is -0.0900. The van der Waals surface area contributed by atoms with E-state index in [2.05, 4.69) is 27.1 Å². The Morgan fingerprint density at radius 2 is 2.13 bits per heavy atom. The number of carbonyl (C=O) groups excluding carboxylic acids is 1. The average molecular weight is 437 g/mol. The van der Waals surface area contributed by atoms with Crippen LogP contribution in [-0.2, 0) is 6.54 Å². The third kappa shape index (κ3) is 5.00. The number of anilines is 1. The van der Waals surface area contributed by atoms with Crippen LogP contribution in [0.15, 0.2) is 22.9 Å². The van der Waals surface area contributed by atoms with Gasteiger partial charge in [-0.1, -0.05) is 6.92 Å². The number of pyridine rings is 1. The molecule has 2 unspecified atom stereocenters. The number of hydrogen-bond acceptors (Lipinski definition) is 6. The summed E-state index contributed by atoms with van der Waals surface area (Å²) < 4.78 is 46.9. The molecule has 1 N–H and O–H groups in total. The van der Waals surface area contributed by atoms with Crippen LogP contribution in [-0.4, -0.2) is 59.2 Å². The second-order valence-electron chi connectivity index (χ2n) is 8.34. The first kappa shape index (κ1) is 21.6. The highest BCUT2D eigenvalue weighted by Gasteiger charge is 2.36. The lowest BCUT2D eigenvalue weighted by molar-refractivity contribution is 0.0586. The number of rotatable bonds is 5. The first-order valence-corrected chi connectivity index (χ1v) is 10.6. The van der Waals surface area contributed by atoms with E-state index >= 15 is 0 Å². The van der Waals surface area contributed by atoms with Crippen molar-refractivity contribution in [1.29, 1.82) is 0 Å². The van der Waals surface area contributed by atoms with Gasteiger partial charge < -0.3 is 14.6 Å². The van der Waals surface area contributed by atoms with Crippen LogP contribution in [0.5, 0.6) is 0 Å². The van der Waals surface area contributed by atoms with E-state index in [9.17, 15) is 18.0 Å². The van der Waals surface area contributed by atoms with Crippen LogP contribution in [0.1, 0.15) is 42.4 Å². The lowest BCUT2D eigenvalue weighted by Crippen LogP contribution is -2.54. The molecule has 31 heavy (non-hydrogen) atoms. The summed E-state index contributed by atoms with van der Waals surface area (Å²) in [6.45, 7) is 4.58. The fraction of sp³-hybridized carbons (Fsp3) is 0.571. The van der Waals surface area contributed by atoms with Crippen molar-refractivity contribution in [3.8, 4) is 0 Å². The van der Waals surface area contributed by atoms with E-state index in [4.69, 9.17) is 4.42 Å². The van der Waals surface area contributed by atoms with Gasteiger partial charge in [-0.25, -0.2) is 13.2 Å². The molecule has 1 amide bonds. The number of amides is 1. The highest BCUT2D eigenvalue weighted by Crippen LogP contribution is 2.27. The van der Waals surface area contributed by atoms with Crippen molar-refractivity contribution in [3.63, 3.8) is 0 Å². The topological polar surface area (TPSA) is 74.5 Å². The number of nitrogens with one attached hydrogen (secondary N) is 1. The fourth-order valence-electron chi connectivity index (χ4n) is 4.35. The molecule has 2 aromatic heterocycles. The van der Waals surface area contributed by atoms with E-state index < -0.39 is 23.7 Å². The number of carbonyl (C=O) groups is 1. The van der Waals surface area contributed by atoms with Gasteiger partial charge in [-0.3, -0.25) is 14.7 Å². The second-order valence-corrected chi connectivity index (χ2v) is 8.34. The zero-order valence-corrected chi connectivity index (χ0v) is 17.4. The van der Waals surface area contributed by atoms with Gasteiger partial charge in [0.2, 0.25) is 0 Å². The predicted octanol–water partition coefficient (Wildman–Crippen LogP) is 2.93. The van der Waals surface area contributed by atoms with Gasteiger partial charge in [0, 0.05) is 25.2 Å². The van der Waals surface area contributed by atoms with E-state index in [-0.39, 0.29) is 36.5 Å². The molecule has 2 aliphatic heterocycles. The van der Waals surface area contributed by atoms with Gasteiger partial charge in [0.1, 0.15) is 24.1 Å². The molecule has 168 valence electrons. The van der Waals surface area contributed by atoms with Gasteiger partial charge in [-0.05, 0) is 31.7 Å². The average Bonchev–Trinajstić information content (AvgIpc) is 3.23. The van der Waals surface area contributed by atoms with Crippen LogP contribution < -0.4 is 10.2 Å². The molecule has 4 heterocycles. The number of nitrogens with zero attached hydrogens (tertiary/aromatic N) is 4. The summed E-state index contributed by atoms with van der Waals surface area (Å²) in [7, 11) is 0. The zero-order valence-electron chi connectivity index (χ0n) is 17.4. The Kier molecular flexibility index (Phi) is 6.45. The Morgan fingerprint density at radius 1 is 1.29 bits per heavy atom. The van der Waals surface area contributed by atoms with Crippen molar-refractivity contribution >= 4 is 11.9 Å². The summed E-state index contributed by atoms with van der Waals surface area (Å²) >= 11 is 0. The molecule has 10 heteroatoms. The molecule has 3 atom stereocenters. The molecule has 7 nitrogen and oxygen atoms in total. The number of halogens is 3. The minimum absolute atomic E-state index is 0.0000863. The molecule has 0 aliphatic carbocycles. The largest absolute Gasteiger partial charge is 0.431 e. The molecule has 0 aromatic carbocycles. The summed E-state index contributed by atoms with van der Waals surface area (Å²) in [4.78, 5) is 24.0. The Morgan fingerprint density at radius 3 is 2.87 bits per heavy atom. The normalized spacial score (nSPS) is 24.9. The van der Waals surface area contributed by atoms with Crippen LogP contribution in [0, 0.1) is 17.6 Å². The van der Waals surface area contributed by atoms with Gasteiger partial charge >= 0.3 is 0 Å². The number of alkyl halides is 1. The molecule has 2 aliphatic rings. The van der Waals surface area contributed by atoms with E-state index in [1.54, 1.807) is 4.90 Å². The van der Waals surface area contributed by atoms with Gasteiger partial charge in [-0.2, -0.15) is 4.98 Å². The summed E-state index contributed by atoms with van der Waals surface area (Å²) in [5.74, 6) is -1.64. The Labute approximate surface area is 178 Å². The van der Waals surface area contributed by atoms with Crippen LogP contribution >= 0.6 is 0 Å². The smallest absolute Gasteiger partial charge is 0.298 e. The van der Waals surface area contributed by atoms with Crippen molar-refractivity contribution in [3.05, 3.63) is 41.5 Å². The lowest BCUT2D eigenvalue weighted by atomic mass is 9.94. The van der Waals surface area contributed by atoms with Gasteiger partial charge in [0.05, 0.1) is 25.0 Å². The minimum Gasteiger partial charge on any atom is -0.431 e. The highest BCUT2D eigenvalue weighted by atomic mass is 19.1. The van der Waals surface area contributed by atoms with Crippen LogP contribution in [0.25, 0.3) is 0 Å². The SMILES string of the molecule is C[C@@H]1CCCN(C2CCN(c3nc(C(=O)NCc4ncc(F)cc4F)co3)CC2F)C1. The number of hydrogen-bond donors (Lipinski definition) is 1. The minimum atomic E-state index is -1.03. The van der Waals surface area contributed by atoms with Crippen molar-refractivity contribution < 1.29 is 22.4 Å². The maximum absolute atomic E-state index is 14.9. The van der Waals surface area contributed by atoms with Gasteiger partial charge in [0.25, 0.3) is 11.9 Å². The number of oxazole rings is 1. The Hall–Kier alpha value is -2.62. The van der Waals surface area contributed by atoms with Crippen molar-refractivity contribution in [2.75, 3.05) is 31.1 Å². The van der Waals surface area contributed by atoms with E-state index in [1.165, 1.54) is 12.7 Å². The molecular formula is C21H26F3N5O2. The van der Waals surface area contributed by atoms with E-state index in [0.717, 1.165) is 25.7 Å². The van der Waals surface area contributed by atoms with Crippen LogP contribution in [0.3, 0.4) is 0 Å². The highest BCUT2D eigenvalue weighted by molar-refractivity contribution is 5.92. The van der Waals surface area contributed by atoms with Gasteiger partial charge in [-0.15, -0.1) is 0 Å². The maximum atomic E-state index is 14.9. The third-order valence-electron chi connectivity index (χ3n) is 5.96. The first-order chi connectivity index (χ1) is 14.9. The van der Waals surface area contributed by atoms with Gasteiger partial charge in [0.15, 0.2) is 5.69 Å². The molecule has 0 saturated carbocycles. The quantitative estimate of drug-likeness (QED) is 0.776. The number of piperidine rings is 2. The van der Waals surface area contributed by atoms with Crippen molar-refractivity contribution in [1.82, 2.24) is 20.2 Å². The maximum Gasteiger partial charge on any atom is 0.298 e. The fourth-order valence-corrected chi connectivity index (χ4v) is 4.35. The number of likely N-dealkylation sites (tertiary alicyclic amines) is 1. The van der Waals surface area contributed by atoms with Crippen molar-refractivity contribution in [2.45, 2.75) is 44.9 Å². The summed E-state index contributed by atoms with van der Waals surface area (Å²) in [5, 5.41) is 2.47. The zero-order chi connectivity index (χ0) is 22.0. The standard InChI is InChI=1S/C21H26F3N5O2/c1-13-3-2-5-28(10-13)19-4-6-29(11-16(19)24)21-27-18(12-31-21)20(30)26-9-17-15(23)7-14(22)8-25-17/h7-8,12-13,16,19H,2-6,9-11H2,1H3,(H,26,30)/t13-,16?,19?/m1/s1. The molecular weight excluding hydrogens is 411 g/mol. The monoisotopic (exact) mass is 437 g/mol. The molecule has 4 rings (SSSR count). The lowest BCUT2D eigenvalue weighted by Gasteiger charge is -2.43. The molecule has 0 radical (unpaired) electrons. The first-order valence-electron chi connectivity index (χ1n) is 10.6. The van der Waals surface area contributed by atoms with E-state index in [0.29, 0.717) is 24.9 Å². The van der Waals surface area contributed by atoms with E-state index in [1.807, 2.05) is 0 Å². The molecule has 0 spiro atoms. The Balaban J connectivity index is 1.32. The van der Waals surface area contributed by atoms with Crippen LogP contribution in [0.2, 0.25) is 0 Å². The summed E-state index contributed by atoms with van der Waals surface area (Å²) in [6, 6.07) is 0.781. The summed E-state index contributed by atoms with van der Waals surface area (Å²) in [6.07, 6.45) is 3.98. The third-order valence-corrected chi connectivity index (χ3v) is 5.96. The molecule has 2 saturated heterocycles. The number of aromatic nitrogens is 2. The van der Waals surface area contributed by atoms with Crippen molar-refractivity contribution in [2.24, 2.45) is 5.92 Å². The molecule has 0 bridgehead atoms. The Bertz CT molecular complexity index is 924. The predicted molar refractivity (Wildman–Crippen MR) is 107 cm³/mol. The van der Waals surface area contributed by atoms with Crippen LogP contribution in [0.4, 0.5) is 19.2 Å². The second kappa shape index (κ2) is 9.25. The molecule has 2 aromatic rings. The molecule has 2 fully saturated rings.